The summed E-state index contributed by atoms with van der Waals surface area (Å²) in [5, 5.41) is 0. The lowest BCUT2D eigenvalue weighted by atomic mass is 10.0. The molecule has 0 aliphatic heterocycles. The van der Waals surface area contributed by atoms with Gasteiger partial charge < -0.3 is 4.79 Å². The maximum absolute atomic E-state index is 10.1. The van der Waals surface area contributed by atoms with Gasteiger partial charge in [0.15, 0.2) is 0 Å². The van der Waals surface area contributed by atoms with Crippen molar-refractivity contribution in [3.05, 3.63) is 36.4 Å². The van der Waals surface area contributed by atoms with Gasteiger partial charge in [0.1, 0.15) is 6.29 Å². The molecule has 0 atom stereocenters. The Morgan fingerprint density at radius 1 is 0.500 bits per heavy atom. The molecule has 0 aliphatic rings. The molecule has 1 aromatic carbocycles. The average molecular weight is 333 g/mol. The molecule has 0 spiro atoms. The van der Waals surface area contributed by atoms with Gasteiger partial charge in [0.25, 0.3) is 0 Å². The Hall–Kier alpha value is -1.11. The van der Waals surface area contributed by atoms with Crippen molar-refractivity contribution in [2.24, 2.45) is 0 Å². The third-order valence-electron chi connectivity index (χ3n) is 4.34. The molecule has 0 aromatic heterocycles. The van der Waals surface area contributed by atoms with Crippen LogP contribution in [0.2, 0.25) is 0 Å². The van der Waals surface area contributed by atoms with Gasteiger partial charge in [-0.25, -0.2) is 0 Å². The summed E-state index contributed by atoms with van der Waals surface area (Å²) in [6.07, 6.45) is 21.1. The molecule has 1 nitrogen and oxygen atoms in total. The minimum atomic E-state index is 0.762. The summed E-state index contributed by atoms with van der Waals surface area (Å²) in [6, 6.07) is 12.0. The minimum absolute atomic E-state index is 0.762. The monoisotopic (exact) mass is 332 g/mol. The van der Waals surface area contributed by atoms with Crippen LogP contribution in [0.15, 0.2) is 36.4 Å². The van der Waals surface area contributed by atoms with E-state index in [2.05, 4.69) is 6.92 Å². The molecule has 0 saturated carbocycles. The van der Waals surface area contributed by atoms with Crippen LogP contribution >= 0.6 is 0 Å². The van der Waals surface area contributed by atoms with Gasteiger partial charge in [-0.15, -0.1) is 0 Å². The van der Waals surface area contributed by atoms with E-state index in [0.717, 1.165) is 19.1 Å². The van der Waals surface area contributed by atoms with Crippen LogP contribution in [0.3, 0.4) is 0 Å². The molecule has 0 bridgehead atoms. The summed E-state index contributed by atoms with van der Waals surface area (Å²) in [6.45, 7) is 2.28. The van der Waals surface area contributed by atoms with E-state index < -0.39 is 0 Å². The zero-order valence-electron chi connectivity index (χ0n) is 16.1. The molecule has 0 unspecified atom stereocenters. The lowest BCUT2D eigenvalue weighted by molar-refractivity contribution is -0.107. The molecule has 0 amide bonds. The van der Waals surface area contributed by atoms with Crippen molar-refractivity contribution in [1.82, 2.24) is 0 Å². The highest BCUT2D eigenvalue weighted by Gasteiger charge is 1.93. The Bertz CT molecular complexity index is 293. The number of hydrogen-bond donors (Lipinski definition) is 0. The molecule has 1 rings (SSSR count). The van der Waals surface area contributed by atoms with Crippen molar-refractivity contribution in [3.8, 4) is 0 Å². The Balaban J connectivity index is 0.000000728. The Labute approximate surface area is 151 Å². The number of benzene rings is 1. The quantitative estimate of drug-likeness (QED) is 0.237. The first-order valence-electron chi connectivity index (χ1n) is 10.4. The van der Waals surface area contributed by atoms with Gasteiger partial charge in [-0.1, -0.05) is 127 Å². The molecule has 0 aliphatic carbocycles. The van der Waals surface area contributed by atoms with Crippen molar-refractivity contribution in [1.29, 1.82) is 0 Å². The van der Waals surface area contributed by atoms with Gasteiger partial charge in [0, 0.05) is 6.42 Å². The average Bonchev–Trinajstić information content (AvgIpc) is 2.64. The van der Waals surface area contributed by atoms with Crippen LogP contribution in [0.4, 0.5) is 0 Å². The third-order valence-corrected chi connectivity index (χ3v) is 4.34. The number of hydrogen-bond acceptors (Lipinski definition) is 1. The van der Waals surface area contributed by atoms with Crippen LogP contribution < -0.4 is 0 Å². The molecule has 0 fully saturated rings. The van der Waals surface area contributed by atoms with Crippen molar-refractivity contribution < 1.29 is 4.79 Å². The maximum atomic E-state index is 10.1. The van der Waals surface area contributed by atoms with Crippen LogP contribution in [-0.2, 0) is 4.79 Å². The third kappa shape index (κ3) is 20.9. The van der Waals surface area contributed by atoms with Crippen molar-refractivity contribution in [2.45, 2.75) is 103 Å². The fourth-order valence-corrected chi connectivity index (χ4v) is 2.81. The summed E-state index contributed by atoms with van der Waals surface area (Å²) >= 11 is 0. The number of carbonyl (C=O) groups excluding carboxylic acids is 1. The number of unbranched alkanes of at least 4 members (excludes halogenated alkanes) is 14. The second-order valence-corrected chi connectivity index (χ2v) is 6.71. The number of aldehydes is 1. The molecule has 0 N–H and O–H groups in total. The Kier molecular flexibility index (Phi) is 20.9. The highest BCUT2D eigenvalue weighted by atomic mass is 16.1. The van der Waals surface area contributed by atoms with E-state index in [4.69, 9.17) is 0 Å². The smallest absolute Gasteiger partial charge is 0.119 e. The molecule has 138 valence electrons. The van der Waals surface area contributed by atoms with Crippen LogP contribution in [0, 0.1) is 0 Å². The van der Waals surface area contributed by atoms with E-state index in [-0.39, 0.29) is 0 Å². The largest absolute Gasteiger partial charge is 0.303 e. The molecule has 0 radical (unpaired) electrons. The Morgan fingerprint density at radius 3 is 1.08 bits per heavy atom. The lowest BCUT2D eigenvalue weighted by Crippen LogP contribution is -1.83. The molecule has 0 saturated heterocycles. The summed E-state index contributed by atoms with van der Waals surface area (Å²) in [5.74, 6) is 0. The molecule has 24 heavy (non-hydrogen) atoms. The summed E-state index contributed by atoms with van der Waals surface area (Å²) in [5.41, 5.74) is 0. The number of carbonyl (C=O) groups is 1. The summed E-state index contributed by atoms with van der Waals surface area (Å²) < 4.78 is 0. The molecular formula is C23H40O. The van der Waals surface area contributed by atoms with Gasteiger partial charge in [0.05, 0.1) is 0 Å². The second-order valence-electron chi connectivity index (χ2n) is 6.71. The van der Waals surface area contributed by atoms with Gasteiger partial charge in [-0.05, 0) is 6.42 Å². The first-order valence-corrected chi connectivity index (χ1v) is 10.4. The van der Waals surface area contributed by atoms with Crippen molar-refractivity contribution in [2.75, 3.05) is 0 Å². The normalized spacial score (nSPS) is 10.0. The van der Waals surface area contributed by atoms with E-state index in [1.54, 1.807) is 0 Å². The fraction of sp³-hybridized carbons (Fsp3) is 0.696. The van der Waals surface area contributed by atoms with Crippen LogP contribution in [0.5, 0.6) is 0 Å². The molecule has 0 heterocycles. The Morgan fingerprint density at radius 2 is 0.792 bits per heavy atom. The zero-order valence-corrected chi connectivity index (χ0v) is 16.1. The SMILES string of the molecule is CCCCCCCCCCCCCCCCC=O.c1ccccc1. The minimum Gasteiger partial charge on any atom is -0.303 e. The maximum Gasteiger partial charge on any atom is 0.119 e. The van der Waals surface area contributed by atoms with Crippen molar-refractivity contribution >= 4 is 6.29 Å². The van der Waals surface area contributed by atoms with Crippen molar-refractivity contribution in [3.63, 3.8) is 0 Å². The number of rotatable bonds is 15. The first kappa shape index (κ1) is 22.9. The van der Waals surface area contributed by atoms with E-state index in [1.165, 1.54) is 83.5 Å². The highest BCUT2D eigenvalue weighted by Crippen LogP contribution is 2.13. The van der Waals surface area contributed by atoms with Gasteiger partial charge >= 0.3 is 0 Å². The van der Waals surface area contributed by atoms with E-state index in [0.29, 0.717) is 0 Å². The molecule has 1 aromatic rings. The second kappa shape index (κ2) is 21.9. The van der Waals surface area contributed by atoms with E-state index in [9.17, 15) is 4.79 Å². The molecular weight excluding hydrogens is 292 g/mol. The highest BCUT2D eigenvalue weighted by molar-refractivity contribution is 5.48. The van der Waals surface area contributed by atoms with Gasteiger partial charge in [-0.2, -0.15) is 0 Å². The zero-order chi connectivity index (χ0) is 17.6. The molecule has 1 heteroatoms. The first-order chi connectivity index (χ1) is 11.9. The van der Waals surface area contributed by atoms with Crippen LogP contribution in [0.25, 0.3) is 0 Å². The van der Waals surface area contributed by atoms with Crippen LogP contribution in [-0.4, -0.2) is 6.29 Å². The topological polar surface area (TPSA) is 17.1 Å². The predicted octanol–water partition coefficient (Wildman–Crippen LogP) is 7.74. The van der Waals surface area contributed by atoms with E-state index in [1.807, 2.05) is 36.4 Å². The van der Waals surface area contributed by atoms with Gasteiger partial charge in [0.2, 0.25) is 0 Å². The van der Waals surface area contributed by atoms with E-state index >= 15 is 0 Å². The predicted molar refractivity (Wildman–Crippen MR) is 107 cm³/mol. The fourth-order valence-electron chi connectivity index (χ4n) is 2.81. The van der Waals surface area contributed by atoms with Crippen LogP contribution in [0.1, 0.15) is 103 Å². The summed E-state index contributed by atoms with van der Waals surface area (Å²) in [4.78, 5) is 10.1. The van der Waals surface area contributed by atoms with Gasteiger partial charge in [-0.3, -0.25) is 0 Å². The summed E-state index contributed by atoms with van der Waals surface area (Å²) in [7, 11) is 0. The standard InChI is InChI=1S/C17H34O.C6H6/c1-2-3-4-5-6-7-8-9-10-11-12-13-14-15-16-17-18;1-2-4-6-5-3-1/h17H,2-16H2,1H3;1-6H. The lowest BCUT2D eigenvalue weighted by Gasteiger charge is -2.02.